The van der Waals surface area contributed by atoms with Crippen molar-refractivity contribution in [1.82, 2.24) is 14.3 Å². The van der Waals surface area contributed by atoms with Crippen LogP contribution in [0.5, 0.6) is 0 Å². The lowest BCUT2D eigenvalue weighted by molar-refractivity contribution is -0.165. The Morgan fingerprint density at radius 3 is 2.57 bits per heavy atom. The Labute approximate surface area is 271 Å². The molecule has 5 aromatic rings. The molecule has 3 aromatic carbocycles. The number of nitrogens with one attached hydrogen (secondary N) is 1. The van der Waals surface area contributed by atoms with E-state index in [2.05, 4.69) is 24.4 Å². The maximum absolute atomic E-state index is 14.1. The number of aromatic nitrogens is 3. The molecule has 238 valence electrons. The zero-order valence-corrected chi connectivity index (χ0v) is 27.2. The second-order valence-electron chi connectivity index (χ2n) is 11.5. The molecular weight excluding hydrogens is 600 g/mol. The normalized spacial score (nSPS) is 17.9. The summed E-state index contributed by atoms with van der Waals surface area (Å²) in [6, 6.07) is 23.2. The van der Waals surface area contributed by atoms with E-state index in [1.54, 1.807) is 22.1 Å². The first-order valence-electron chi connectivity index (χ1n) is 15.5. The van der Waals surface area contributed by atoms with Crippen molar-refractivity contribution in [3.8, 4) is 16.3 Å². The van der Waals surface area contributed by atoms with Gasteiger partial charge >= 0.3 is 0 Å². The molecule has 0 bridgehead atoms. The molecule has 3 unspecified atom stereocenters. The summed E-state index contributed by atoms with van der Waals surface area (Å²) in [4.78, 5) is 32.5. The van der Waals surface area contributed by atoms with Crippen LogP contribution in [0.4, 0.5) is 5.69 Å². The first-order chi connectivity index (χ1) is 22.3. The summed E-state index contributed by atoms with van der Waals surface area (Å²) in [7, 11) is 1.85. The van der Waals surface area contributed by atoms with E-state index in [0.29, 0.717) is 30.7 Å². The third-order valence-corrected chi connectivity index (χ3v) is 9.57. The van der Waals surface area contributed by atoms with Crippen molar-refractivity contribution in [3.63, 3.8) is 0 Å². The summed E-state index contributed by atoms with van der Waals surface area (Å²) in [6.45, 7) is 6.19. The van der Waals surface area contributed by atoms with E-state index in [9.17, 15) is 14.7 Å². The molecule has 0 spiro atoms. The van der Waals surface area contributed by atoms with E-state index < -0.39 is 18.1 Å². The average Bonchev–Trinajstić information content (AvgIpc) is 3.57. The topological polar surface area (TPSA) is 108 Å². The van der Waals surface area contributed by atoms with Crippen molar-refractivity contribution in [3.05, 3.63) is 112 Å². The van der Waals surface area contributed by atoms with Gasteiger partial charge in [0, 0.05) is 54.6 Å². The van der Waals surface area contributed by atoms with Gasteiger partial charge in [-0.3, -0.25) is 14.3 Å². The zero-order valence-electron chi connectivity index (χ0n) is 26.4. The fourth-order valence-corrected chi connectivity index (χ4v) is 7.19. The number of para-hydroxylation sites is 1. The molecule has 0 saturated heterocycles. The summed E-state index contributed by atoms with van der Waals surface area (Å²) in [6.07, 6.45) is 2.01. The Morgan fingerprint density at radius 2 is 1.85 bits per heavy atom. The van der Waals surface area contributed by atoms with Crippen LogP contribution in [-0.2, 0) is 21.3 Å². The smallest absolute Gasteiger partial charge is 0.290 e. The summed E-state index contributed by atoms with van der Waals surface area (Å²) in [5.41, 5.74) is 5.65. The summed E-state index contributed by atoms with van der Waals surface area (Å²) < 4.78 is 16.8. The molecule has 46 heavy (non-hydrogen) atoms. The van der Waals surface area contributed by atoms with Crippen molar-refractivity contribution in [2.45, 2.75) is 45.8 Å². The van der Waals surface area contributed by atoms with E-state index in [0.717, 1.165) is 32.2 Å². The SMILES string of the molecule is CCOC1OC(C(=O)Nc2ccc(-c3nc4ccc(C)cc4s3)cc2)=CC(c2c(C)n(C)n(-c3ccccc3)c2=O)C1CCCO. The lowest BCUT2D eigenvalue weighted by Gasteiger charge is -2.36. The first-order valence-corrected chi connectivity index (χ1v) is 16.3. The third-order valence-electron chi connectivity index (χ3n) is 8.50. The Bertz CT molecular complexity index is 1940. The van der Waals surface area contributed by atoms with Crippen molar-refractivity contribution in [1.29, 1.82) is 0 Å². The molecule has 0 fully saturated rings. The summed E-state index contributed by atoms with van der Waals surface area (Å²) in [5.74, 6) is -1.12. The number of benzene rings is 3. The van der Waals surface area contributed by atoms with Crippen molar-refractivity contribution >= 4 is 33.1 Å². The molecule has 3 heterocycles. The quantitative estimate of drug-likeness (QED) is 0.182. The van der Waals surface area contributed by atoms with Gasteiger partial charge in [0.25, 0.3) is 11.5 Å². The van der Waals surface area contributed by atoms with Crippen molar-refractivity contribution in [2.24, 2.45) is 13.0 Å². The van der Waals surface area contributed by atoms with Gasteiger partial charge in [0.05, 0.1) is 15.9 Å². The van der Waals surface area contributed by atoms with Crippen LogP contribution < -0.4 is 10.9 Å². The Hall–Kier alpha value is -4.51. The molecule has 10 heteroatoms. The van der Waals surface area contributed by atoms with Gasteiger partial charge in [-0.15, -0.1) is 11.3 Å². The molecule has 2 aromatic heterocycles. The molecule has 3 atom stereocenters. The minimum Gasteiger partial charge on any atom is -0.459 e. The largest absolute Gasteiger partial charge is 0.459 e. The monoisotopic (exact) mass is 638 g/mol. The number of carbonyl (C=O) groups excluding carboxylic acids is 1. The van der Waals surface area contributed by atoms with Gasteiger partial charge in [-0.2, -0.15) is 0 Å². The number of hydrogen-bond acceptors (Lipinski definition) is 7. The van der Waals surface area contributed by atoms with Gasteiger partial charge in [-0.25, -0.2) is 9.67 Å². The van der Waals surface area contributed by atoms with Gasteiger partial charge < -0.3 is 19.9 Å². The van der Waals surface area contributed by atoms with E-state index in [1.165, 1.54) is 5.56 Å². The second kappa shape index (κ2) is 13.5. The number of fused-ring (bicyclic) bond motifs is 1. The Balaban J connectivity index is 1.32. The molecule has 0 radical (unpaired) electrons. The van der Waals surface area contributed by atoms with E-state index >= 15 is 0 Å². The molecule has 1 aliphatic heterocycles. The minimum absolute atomic E-state index is 0.00615. The molecule has 9 nitrogen and oxygen atoms in total. The van der Waals surface area contributed by atoms with Crippen molar-refractivity contribution in [2.75, 3.05) is 18.5 Å². The number of amides is 1. The number of thiazole rings is 1. The number of rotatable bonds is 10. The van der Waals surface area contributed by atoms with E-state index in [4.69, 9.17) is 14.5 Å². The maximum atomic E-state index is 14.1. The number of aliphatic hydroxyl groups is 1. The Kier molecular flexibility index (Phi) is 9.21. The van der Waals surface area contributed by atoms with Gasteiger partial charge in [0.15, 0.2) is 5.76 Å². The molecule has 6 rings (SSSR count). The van der Waals surface area contributed by atoms with Crippen LogP contribution in [0.2, 0.25) is 0 Å². The predicted molar refractivity (Wildman–Crippen MR) is 181 cm³/mol. The molecule has 0 saturated carbocycles. The van der Waals surface area contributed by atoms with Crippen LogP contribution >= 0.6 is 11.3 Å². The average molecular weight is 639 g/mol. The predicted octanol–water partition coefficient (Wildman–Crippen LogP) is 6.46. The minimum atomic E-state index is -0.776. The number of allylic oxidation sites excluding steroid dienone is 1. The van der Waals surface area contributed by atoms with Gasteiger partial charge in [0.1, 0.15) is 5.01 Å². The number of hydrogen-bond donors (Lipinski definition) is 2. The number of anilines is 1. The van der Waals surface area contributed by atoms with Gasteiger partial charge in [0.2, 0.25) is 6.29 Å². The molecule has 1 amide bonds. The third kappa shape index (κ3) is 6.16. The number of nitrogens with zero attached hydrogens (tertiary/aromatic N) is 3. The van der Waals surface area contributed by atoms with Crippen LogP contribution in [0.1, 0.15) is 42.5 Å². The molecule has 2 N–H and O–H groups in total. The van der Waals surface area contributed by atoms with Crippen molar-refractivity contribution < 1.29 is 19.4 Å². The van der Waals surface area contributed by atoms with Gasteiger partial charge in [-0.05, 0) is 93.8 Å². The van der Waals surface area contributed by atoms with Crippen LogP contribution in [0.25, 0.3) is 26.5 Å². The highest BCUT2D eigenvalue weighted by molar-refractivity contribution is 7.21. The van der Waals surface area contributed by atoms with Crippen LogP contribution in [0.15, 0.2) is 89.4 Å². The van der Waals surface area contributed by atoms with E-state index in [-0.39, 0.29) is 23.8 Å². The van der Waals surface area contributed by atoms with E-state index in [1.807, 2.05) is 86.2 Å². The fourth-order valence-electron chi connectivity index (χ4n) is 6.12. The number of aliphatic hydroxyl groups excluding tert-OH is 1. The number of ether oxygens (including phenoxy) is 2. The Morgan fingerprint density at radius 1 is 1.09 bits per heavy atom. The standard InChI is InChI=1S/C36H38N4O5S/c1-5-44-36-27(12-9-19-41)28(32-23(3)39(4)40(35(32)43)26-10-7-6-8-11-26)21-30(45-36)33(42)37-25-16-14-24(15-17-25)34-38-29-18-13-22(2)20-31(29)46-34/h6-8,10-11,13-18,20-21,27-28,36,41H,5,9,12,19H2,1-4H3,(H,37,42). The lowest BCUT2D eigenvalue weighted by Crippen LogP contribution is -2.39. The summed E-state index contributed by atoms with van der Waals surface area (Å²) in [5, 5.41) is 13.6. The number of aryl methyl sites for hydroxylation is 1. The maximum Gasteiger partial charge on any atom is 0.290 e. The molecule has 1 aliphatic rings. The molecule has 0 aliphatic carbocycles. The summed E-state index contributed by atoms with van der Waals surface area (Å²) >= 11 is 1.63. The second-order valence-corrected chi connectivity index (χ2v) is 12.6. The highest BCUT2D eigenvalue weighted by Gasteiger charge is 2.40. The molecular formula is C36H38N4O5S. The van der Waals surface area contributed by atoms with Crippen LogP contribution in [0.3, 0.4) is 0 Å². The van der Waals surface area contributed by atoms with Gasteiger partial charge in [-0.1, -0.05) is 24.3 Å². The van der Waals surface area contributed by atoms with Crippen LogP contribution in [-0.4, -0.2) is 44.9 Å². The lowest BCUT2D eigenvalue weighted by atomic mass is 9.80. The van der Waals surface area contributed by atoms with Crippen LogP contribution in [0, 0.1) is 19.8 Å². The fraction of sp³-hybridized carbons (Fsp3) is 0.306. The highest BCUT2D eigenvalue weighted by atomic mass is 32.1. The number of carbonyl (C=O) groups is 1. The highest BCUT2D eigenvalue weighted by Crippen LogP contribution is 2.40. The first kappa shape index (κ1) is 31.5. The zero-order chi connectivity index (χ0) is 32.4.